The van der Waals surface area contributed by atoms with Gasteiger partial charge in [0.1, 0.15) is 0 Å². The molecule has 0 amide bonds. The molecular formula is C18H29NO. The first-order valence-electron chi connectivity index (χ1n) is 7.66. The molecule has 1 saturated heterocycles. The summed E-state index contributed by atoms with van der Waals surface area (Å²) in [6, 6.07) is 9.33. The fraction of sp³-hybridized carbons (Fsp3) is 0.667. The maximum absolute atomic E-state index is 6.25. The SMILES string of the molecule is CNC(Cc1ccc(C)cc1)C1CC(C)(C)OC1(C)C. The third kappa shape index (κ3) is 3.42. The monoisotopic (exact) mass is 275 g/mol. The summed E-state index contributed by atoms with van der Waals surface area (Å²) in [6.45, 7) is 11.0. The molecule has 2 unspecified atom stereocenters. The average molecular weight is 275 g/mol. The number of rotatable bonds is 4. The second kappa shape index (κ2) is 5.50. The van der Waals surface area contributed by atoms with Crippen molar-refractivity contribution in [2.45, 2.75) is 64.7 Å². The molecule has 0 aliphatic carbocycles. The van der Waals surface area contributed by atoms with Crippen molar-refractivity contribution in [3.63, 3.8) is 0 Å². The van der Waals surface area contributed by atoms with Crippen LogP contribution in [0, 0.1) is 12.8 Å². The molecule has 1 aliphatic heterocycles. The normalized spacial score (nSPS) is 25.6. The Balaban J connectivity index is 2.14. The summed E-state index contributed by atoms with van der Waals surface area (Å²) in [7, 11) is 2.07. The van der Waals surface area contributed by atoms with Gasteiger partial charge in [0.15, 0.2) is 0 Å². The molecule has 1 aromatic carbocycles. The number of nitrogens with one attached hydrogen (secondary N) is 1. The fourth-order valence-electron chi connectivity index (χ4n) is 3.66. The molecule has 0 spiro atoms. The van der Waals surface area contributed by atoms with Gasteiger partial charge in [0.05, 0.1) is 11.2 Å². The van der Waals surface area contributed by atoms with Gasteiger partial charge in [-0.1, -0.05) is 29.8 Å². The van der Waals surface area contributed by atoms with Crippen LogP contribution in [0.15, 0.2) is 24.3 Å². The van der Waals surface area contributed by atoms with Crippen LogP contribution < -0.4 is 5.32 Å². The number of benzene rings is 1. The van der Waals surface area contributed by atoms with Crippen molar-refractivity contribution in [1.29, 1.82) is 0 Å². The lowest BCUT2D eigenvalue weighted by molar-refractivity contribution is -0.0774. The smallest absolute Gasteiger partial charge is 0.0677 e. The highest BCUT2D eigenvalue weighted by molar-refractivity contribution is 5.22. The quantitative estimate of drug-likeness (QED) is 0.904. The van der Waals surface area contributed by atoms with Gasteiger partial charge in [0.25, 0.3) is 0 Å². The van der Waals surface area contributed by atoms with Crippen LogP contribution in [0.3, 0.4) is 0 Å². The first-order chi connectivity index (χ1) is 9.23. The Labute approximate surface area is 123 Å². The van der Waals surface area contributed by atoms with E-state index in [9.17, 15) is 0 Å². The lowest BCUT2D eigenvalue weighted by Gasteiger charge is -2.33. The van der Waals surface area contributed by atoms with Crippen molar-refractivity contribution in [3.8, 4) is 0 Å². The second-order valence-electron chi connectivity index (χ2n) is 7.36. The van der Waals surface area contributed by atoms with E-state index in [-0.39, 0.29) is 11.2 Å². The van der Waals surface area contributed by atoms with E-state index in [0.29, 0.717) is 12.0 Å². The molecule has 2 heteroatoms. The minimum absolute atomic E-state index is 0.0173. The highest BCUT2D eigenvalue weighted by Gasteiger charge is 2.48. The van der Waals surface area contributed by atoms with E-state index in [1.54, 1.807) is 0 Å². The predicted molar refractivity (Wildman–Crippen MR) is 85.1 cm³/mol. The number of hydrogen-bond acceptors (Lipinski definition) is 2. The molecule has 0 radical (unpaired) electrons. The van der Waals surface area contributed by atoms with E-state index in [2.05, 4.69) is 71.2 Å². The van der Waals surface area contributed by atoms with Gasteiger partial charge >= 0.3 is 0 Å². The third-order valence-corrected chi connectivity index (χ3v) is 4.58. The molecule has 0 bridgehead atoms. The Bertz CT molecular complexity index is 447. The van der Waals surface area contributed by atoms with Gasteiger partial charge in [-0.25, -0.2) is 0 Å². The summed E-state index contributed by atoms with van der Waals surface area (Å²) in [5.41, 5.74) is 2.63. The summed E-state index contributed by atoms with van der Waals surface area (Å²) >= 11 is 0. The summed E-state index contributed by atoms with van der Waals surface area (Å²) in [5, 5.41) is 3.52. The summed E-state index contributed by atoms with van der Waals surface area (Å²) < 4.78 is 6.25. The number of aryl methyl sites for hydroxylation is 1. The van der Waals surface area contributed by atoms with Crippen LogP contribution in [0.1, 0.15) is 45.2 Å². The van der Waals surface area contributed by atoms with Crippen LogP contribution in [0.25, 0.3) is 0 Å². The molecule has 112 valence electrons. The van der Waals surface area contributed by atoms with E-state index < -0.39 is 0 Å². The largest absolute Gasteiger partial charge is 0.369 e. The molecular weight excluding hydrogens is 246 g/mol. The molecule has 1 aliphatic rings. The summed E-state index contributed by atoms with van der Waals surface area (Å²) in [4.78, 5) is 0. The zero-order chi connectivity index (χ0) is 15.0. The molecule has 2 rings (SSSR count). The van der Waals surface area contributed by atoms with Crippen molar-refractivity contribution >= 4 is 0 Å². The van der Waals surface area contributed by atoms with Gasteiger partial charge in [-0.3, -0.25) is 0 Å². The number of likely N-dealkylation sites (N-methyl/N-ethyl adjacent to an activating group) is 1. The van der Waals surface area contributed by atoms with Gasteiger partial charge in [-0.05, 0) is 60.1 Å². The van der Waals surface area contributed by atoms with Crippen LogP contribution in [0.5, 0.6) is 0 Å². The summed E-state index contributed by atoms with van der Waals surface area (Å²) in [6.07, 6.45) is 2.17. The standard InChI is InChI=1S/C18H29NO/c1-13-7-9-14(10-8-13)11-16(19-6)15-12-17(2,3)20-18(15,4)5/h7-10,15-16,19H,11-12H2,1-6H3. The molecule has 1 N–H and O–H groups in total. The molecule has 20 heavy (non-hydrogen) atoms. The average Bonchev–Trinajstić information content (AvgIpc) is 2.56. The van der Waals surface area contributed by atoms with Gasteiger partial charge in [-0.15, -0.1) is 0 Å². The molecule has 2 nitrogen and oxygen atoms in total. The van der Waals surface area contributed by atoms with Gasteiger partial charge in [0, 0.05) is 12.0 Å². The van der Waals surface area contributed by atoms with Crippen LogP contribution in [0.2, 0.25) is 0 Å². The molecule has 0 saturated carbocycles. The molecule has 1 aromatic rings. The zero-order valence-corrected chi connectivity index (χ0v) is 13.8. The minimum Gasteiger partial charge on any atom is -0.369 e. The Hall–Kier alpha value is -0.860. The molecule has 1 fully saturated rings. The van der Waals surface area contributed by atoms with Gasteiger partial charge < -0.3 is 10.1 Å². The third-order valence-electron chi connectivity index (χ3n) is 4.58. The Morgan fingerprint density at radius 3 is 2.25 bits per heavy atom. The van der Waals surface area contributed by atoms with Crippen LogP contribution in [-0.2, 0) is 11.2 Å². The van der Waals surface area contributed by atoms with E-state index in [0.717, 1.165) is 12.8 Å². The first kappa shape index (κ1) is 15.5. The van der Waals surface area contributed by atoms with Crippen molar-refractivity contribution in [3.05, 3.63) is 35.4 Å². The van der Waals surface area contributed by atoms with Gasteiger partial charge in [0.2, 0.25) is 0 Å². The predicted octanol–water partition coefficient (Wildman–Crippen LogP) is 3.72. The van der Waals surface area contributed by atoms with Crippen molar-refractivity contribution in [2.24, 2.45) is 5.92 Å². The van der Waals surface area contributed by atoms with E-state index >= 15 is 0 Å². The number of ether oxygens (including phenoxy) is 1. The van der Waals surface area contributed by atoms with E-state index in [4.69, 9.17) is 4.74 Å². The second-order valence-corrected chi connectivity index (χ2v) is 7.36. The van der Waals surface area contributed by atoms with Crippen molar-refractivity contribution in [2.75, 3.05) is 7.05 Å². The highest BCUT2D eigenvalue weighted by Crippen LogP contribution is 2.44. The highest BCUT2D eigenvalue weighted by atomic mass is 16.5. The fourth-order valence-corrected chi connectivity index (χ4v) is 3.66. The Morgan fingerprint density at radius 2 is 1.80 bits per heavy atom. The molecule has 0 aromatic heterocycles. The lowest BCUT2D eigenvalue weighted by atomic mass is 9.79. The minimum atomic E-state index is -0.0676. The lowest BCUT2D eigenvalue weighted by Crippen LogP contribution is -2.44. The van der Waals surface area contributed by atoms with Crippen molar-refractivity contribution in [1.82, 2.24) is 5.32 Å². The first-order valence-corrected chi connectivity index (χ1v) is 7.66. The van der Waals surface area contributed by atoms with Gasteiger partial charge in [-0.2, -0.15) is 0 Å². The number of hydrogen-bond donors (Lipinski definition) is 1. The van der Waals surface area contributed by atoms with Crippen molar-refractivity contribution < 1.29 is 4.74 Å². The molecule has 2 atom stereocenters. The van der Waals surface area contributed by atoms with Crippen LogP contribution in [0.4, 0.5) is 0 Å². The van der Waals surface area contributed by atoms with Crippen LogP contribution >= 0.6 is 0 Å². The maximum atomic E-state index is 6.25. The topological polar surface area (TPSA) is 21.3 Å². The Morgan fingerprint density at radius 1 is 1.20 bits per heavy atom. The Kier molecular flexibility index (Phi) is 4.27. The summed E-state index contributed by atoms with van der Waals surface area (Å²) in [5.74, 6) is 0.531. The molecule has 1 heterocycles. The maximum Gasteiger partial charge on any atom is 0.0677 e. The van der Waals surface area contributed by atoms with E-state index in [1.807, 2.05) is 0 Å². The zero-order valence-electron chi connectivity index (χ0n) is 13.8. The van der Waals surface area contributed by atoms with E-state index in [1.165, 1.54) is 11.1 Å². The van der Waals surface area contributed by atoms with Crippen LogP contribution in [-0.4, -0.2) is 24.3 Å².